The van der Waals surface area contributed by atoms with Crippen molar-refractivity contribution in [2.24, 2.45) is 0 Å². The summed E-state index contributed by atoms with van der Waals surface area (Å²) in [5.41, 5.74) is 3.46. The van der Waals surface area contributed by atoms with Gasteiger partial charge in [-0.25, -0.2) is 8.42 Å². The van der Waals surface area contributed by atoms with Crippen LogP contribution in [-0.2, 0) is 29.3 Å². The molecule has 7 nitrogen and oxygen atoms in total. The molecule has 0 spiro atoms. The maximum absolute atomic E-state index is 11.4. The Kier molecular flexibility index (Phi) is 8.62. The molecule has 182 valence electrons. The molecule has 0 amide bonds. The summed E-state index contributed by atoms with van der Waals surface area (Å²) < 4.78 is 36.1. The topological polar surface area (TPSA) is 96.9 Å². The Morgan fingerprint density at radius 2 is 1.64 bits per heavy atom. The number of ether oxygens (including phenoxy) is 2. The Morgan fingerprint density at radius 3 is 2.21 bits per heavy atom. The Bertz CT molecular complexity index is 1000. The van der Waals surface area contributed by atoms with Gasteiger partial charge in [-0.2, -0.15) is 0 Å². The van der Waals surface area contributed by atoms with Gasteiger partial charge in [0.15, 0.2) is 11.5 Å². The van der Waals surface area contributed by atoms with Gasteiger partial charge in [-0.3, -0.25) is 4.72 Å². The Balaban J connectivity index is 1.42. The smallest absolute Gasteiger partial charge is 0.229 e. The molecule has 0 unspecified atom stereocenters. The van der Waals surface area contributed by atoms with Crippen molar-refractivity contribution in [1.29, 1.82) is 0 Å². The number of anilines is 1. The van der Waals surface area contributed by atoms with Crippen LogP contribution in [0.1, 0.15) is 42.4 Å². The number of sulfonamides is 1. The quantitative estimate of drug-likeness (QED) is 0.340. The van der Waals surface area contributed by atoms with E-state index in [-0.39, 0.29) is 0 Å². The van der Waals surface area contributed by atoms with Crippen LogP contribution in [0, 0.1) is 0 Å². The van der Waals surface area contributed by atoms with Crippen molar-refractivity contribution < 1.29 is 23.0 Å². The standard InChI is InChI=1S/C25H36N2O5S/c1-31-23-17-20-8-12-25(28,13-9-21(20)18-24(23)32-2)11-5-14-26-15-10-19-6-4-7-22(16-19)27-33(3,29)30/h4,6-7,16-18,26-28H,5,8-15H2,1-3H3. The van der Waals surface area contributed by atoms with Gasteiger partial charge in [0, 0.05) is 5.69 Å². The van der Waals surface area contributed by atoms with Crippen LogP contribution >= 0.6 is 0 Å². The summed E-state index contributed by atoms with van der Waals surface area (Å²) in [6, 6.07) is 11.5. The van der Waals surface area contributed by atoms with Gasteiger partial charge in [-0.05, 0) is 99.0 Å². The van der Waals surface area contributed by atoms with E-state index in [1.165, 1.54) is 11.1 Å². The molecular formula is C25H36N2O5S. The monoisotopic (exact) mass is 476 g/mol. The number of hydrogen-bond donors (Lipinski definition) is 3. The van der Waals surface area contributed by atoms with E-state index in [1.54, 1.807) is 20.3 Å². The van der Waals surface area contributed by atoms with Gasteiger partial charge in [-0.15, -0.1) is 0 Å². The minimum absolute atomic E-state index is 0.585. The van der Waals surface area contributed by atoms with Crippen molar-refractivity contribution in [3.05, 3.63) is 53.1 Å². The van der Waals surface area contributed by atoms with Gasteiger partial charge in [0.05, 0.1) is 26.1 Å². The second-order valence-corrected chi connectivity index (χ2v) is 10.6. The summed E-state index contributed by atoms with van der Waals surface area (Å²) in [4.78, 5) is 0. The van der Waals surface area contributed by atoms with Gasteiger partial charge in [-0.1, -0.05) is 12.1 Å². The van der Waals surface area contributed by atoms with Crippen molar-refractivity contribution in [2.45, 2.75) is 50.5 Å². The fourth-order valence-corrected chi connectivity index (χ4v) is 5.00. The van der Waals surface area contributed by atoms with Gasteiger partial charge in [0.2, 0.25) is 10.0 Å². The average Bonchev–Trinajstić information content (AvgIpc) is 2.93. The van der Waals surface area contributed by atoms with Gasteiger partial charge < -0.3 is 19.9 Å². The van der Waals surface area contributed by atoms with Crippen LogP contribution in [0.25, 0.3) is 0 Å². The second kappa shape index (κ2) is 11.2. The summed E-state index contributed by atoms with van der Waals surface area (Å²) in [5, 5.41) is 14.6. The number of aryl methyl sites for hydroxylation is 2. The first-order valence-electron chi connectivity index (χ1n) is 11.4. The zero-order chi connectivity index (χ0) is 23.9. The van der Waals surface area contributed by atoms with Crippen LogP contribution in [0.4, 0.5) is 5.69 Å². The molecule has 1 aliphatic rings. The van der Waals surface area contributed by atoms with Gasteiger partial charge >= 0.3 is 0 Å². The third-order valence-electron chi connectivity index (χ3n) is 6.24. The molecule has 3 N–H and O–H groups in total. The van der Waals surface area contributed by atoms with Crippen molar-refractivity contribution in [2.75, 3.05) is 38.3 Å². The molecule has 0 fully saturated rings. The normalized spacial score (nSPS) is 15.4. The van der Waals surface area contributed by atoms with E-state index >= 15 is 0 Å². The van der Waals surface area contributed by atoms with E-state index in [2.05, 4.69) is 10.0 Å². The lowest BCUT2D eigenvalue weighted by Crippen LogP contribution is -2.30. The van der Waals surface area contributed by atoms with Crippen molar-refractivity contribution >= 4 is 15.7 Å². The molecular weight excluding hydrogens is 440 g/mol. The predicted molar refractivity (Wildman–Crippen MR) is 132 cm³/mol. The Hall–Kier alpha value is -2.29. The SMILES string of the molecule is COc1cc2c(cc1OC)CCC(O)(CCCNCCc1cccc(NS(C)(=O)=O)c1)CC2. The number of methoxy groups -OCH3 is 2. The lowest BCUT2D eigenvalue weighted by molar-refractivity contribution is 0.0155. The molecule has 0 aromatic heterocycles. The second-order valence-electron chi connectivity index (χ2n) is 8.88. The lowest BCUT2D eigenvalue weighted by Gasteiger charge is -2.26. The van der Waals surface area contributed by atoms with E-state index in [4.69, 9.17) is 9.47 Å². The van der Waals surface area contributed by atoms with E-state index in [0.29, 0.717) is 5.69 Å². The lowest BCUT2D eigenvalue weighted by atomic mass is 9.89. The zero-order valence-corrected chi connectivity index (χ0v) is 20.6. The fraction of sp³-hybridized carbons (Fsp3) is 0.520. The number of fused-ring (bicyclic) bond motifs is 1. The summed E-state index contributed by atoms with van der Waals surface area (Å²) in [6.07, 6.45) is 6.77. The molecule has 3 rings (SSSR count). The van der Waals surface area contributed by atoms with Crippen LogP contribution in [0.3, 0.4) is 0 Å². The molecule has 2 aromatic carbocycles. The van der Waals surface area contributed by atoms with E-state index in [1.807, 2.05) is 30.3 Å². The maximum Gasteiger partial charge on any atom is 0.229 e. The van der Waals surface area contributed by atoms with Crippen LogP contribution in [0.5, 0.6) is 11.5 Å². The highest BCUT2D eigenvalue weighted by molar-refractivity contribution is 7.92. The molecule has 33 heavy (non-hydrogen) atoms. The summed E-state index contributed by atoms with van der Waals surface area (Å²) in [7, 11) is 0.0206. The predicted octanol–water partition coefficient (Wildman–Crippen LogP) is 3.30. The number of benzene rings is 2. The maximum atomic E-state index is 11.4. The molecule has 0 saturated heterocycles. The Labute approximate surface area is 197 Å². The van der Waals surface area contributed by atoms with Gasteiger partial charge in [0.1, 0.15) is 0 Å². The number of hydrogen-bond acceptors (Lipinski definition) is 6. The first-order valence-corrected chi connectivity index (χ1v) is 13.3. The van der Waals surface area contributed by atoms with Crippen molar-refractivity contribution in [1.82, 2.24) is 5.32 Å². The molecule has 0 radical (unpaired) electrons. The van der Waals surface area contributed by atoms with E-state index in [0.717, 1.165) is 81.4 Å². The summed E-state index contributed by atoms with van der Waals surface area (Å²) in [5.74, 6) is 1.48. The van der Waals surface area contributed by atoms with E-state index in [9.17, 15) is 13.5 Å². The summed E-state index contributed by atoms with van der Waals surface area (Å²) >= 11 is 0. The molecule has 0 aliphatic heterocycles. The fourth-order valence-electron chi connectivity index (χ4n) is 4.44. The molecule has 0 bridgehead atoms. The van der Waals surface area contributed by atoms with Crippen LogP contribution in [0.15, 0.2) is 36.4 Å². The first kappa shape index (κ1) is 25.3. The third kappa shape index (κ3) is 7.62. The van der Waals surface area contributed by atoms with Gasteiger partial charge in [0.25, 0.3) is 0 Å². The first-order chi connectivity index (χ1) is 15.7. The average molecular weight is 477 g/mol. The van der Waals surface area contributed by atoms with Crippen LogP contribution in [0.2, 0.25) is 0 Å². The number of rotatable bonds is 11. The summed E-state index contributed by atoms with van der Waals surface area (Å²) in [6.45, 7) is 1.63. The Morgan fingerprint density at radius 1 is 1.00 bits per heavy atom. The van der Waals surface area contributed by atoms with Crippen molar-refractivity contribution in [3.8, 4) is 11.5 Å². The molecule has 0 atom stereocenters. The highest BCUT2D eigenvalue weighted by Gasteiger charge is 2.29. The molecule has 0 saturated carbocycles. The molecule has 8 heteroatoms. The highest BCUT2D eigenvalue weighted by atomic mass is 32.2. The largest absolute Gasteiger partial charge is 0.493 e. The molecule has 0 heterocycles. The number of aliphatic hydroxyl groups is 1. The third-order valence-corrected chi connectivity index (χ3v) is 6.85. The highest BCUT2D eigenvalue weighted by Crippen LogP contribution is 2.37. The zero-order valence-electron chi connectivity index (χ0n) is 19.8. The molecule has 1 aliphatic carbocycles. The molecule has 2 aromatic rings. The van der Waals surface area contributed by atoms with Crippen LogP contribution < -0.4 is 19.5 Å². The minimum atomic E-state index is -3.27. The van der Waals surface area contributed by atoms with Crippen LogP contribution in [-0.4, -0.2) is 52.7 Å². The van der Waals surface area contributed by atoms with Crippen molar-refractivity contribution in [3.63, 3.8) is 0 Å². The number of nitrogens with one attached hydrogen (secondary N) is 2. The minimum Gasteiger partial charge on any atom is -0.493 e. The van der Waals surface area contributed by atoms with E-state index < -0.39 is 15.6 Å².